The predicted octanol–water partition coefficient (Wildman–Crippen LogP) is 3.08. The highest BCUT2D eigenvalue weighted by molar-refractivity contribution is 7.91. The van der Waals surface area contributed by atoms with E-state index in [1.807, 2.05) is 0 Å². The highest BCUT2D eigenvalue weighted by Gasteiger charge is 2.34. The number of hydrogen-bond acceptors (Lipinski definition) is 7. The van der Waals surface area contributed by atoms with E-state index in [1.165, 1.54) is 0 Å². The van der Waals surface area contributed by atoms with Crippen molar-refractivity contribution in [3.05, 3.63) is 46.2 Å². The number of carbonyl (C=O) groups is 1. The third-order valence-electron chi connectivity index (χ3n) is 5.82. The first-order valence-corrected chi connectivity index (χ1v) is 12.3. The van der Waals surface area contributed by atoms with Gasteiger partial charge in [0.05, 0.1) is 17.5 Å². The molecular weight excluding hydrogens is 442 g/mol. The SMILES string of the molecule is O=C(Nc1nonc1-c1ccc(Cl)cc1)c1nn([C@H]2CCS(=O)(=O)C2)c2c1CCCC2. The molecule has 162 valence electrons. The molecule has 1 aromatic carbocycles. The lowest BCUT2D eigenvalue weighted by Gasteiger charge is -2.17. The Morgan fingerprint density at radius 3 is 2.68 bits per heavy atom. The number of aromatic nitrogens is 4. The van der Waals surface area contributed by atoms with Gasteiger partial charge < -0.3 is 5.32 Å². The number of hydrogen-bond donors (Lipinski definition) is 1. The Bertz CT molecular complexity index is 1250. The third kappa shape index (κ3) is 3.85. The number of carbonyl (C=O) groups excluding carboxylic acids is 1. The maximum absolute atomic E-state index is 13.1. The Labute approximate surface area is 183 Å². The van der Waals surface area contributed by atoms with Crippen LogP contribution in [0.1, 0.15) is 47.1 Å². The quantitative estimate of drug-likeness (QED) is 0.633. The Morgan fingerprint density at radius 2 is 1.94 bits per heavy atom. The summed E-state index contributed by atoms with van der Waals surface area (Å²) in [5, 5.41) is 15.6. The molecular formula is C20H20ClN5O4S. The third-order valence-corrected chi connectivity index (χ3v) is 7.82. The molecule has 1 atom stereocenters. The van der Waals surface area contributed by atoms with Gasteiger partial charge in [-0.15, -0.1) is 0 Å². The van der Waals surface area contributed by atoms with Crippen molar-refractivity contribution in [3.63, 3.8) is 0 Å². The van der Waals surface area contributed by atoms with Crippen molar-refractivity contribution in [2.45, 2.75) is 38.1 Å². The van der Waals surface area contributed by atoms with Gasteiger partial charge in [0.15, 0.2) is 21.2 Å². The molecule has 1 aliphatic heterocycles. The van der Waals surface area contributed by atoms with Crippen molar-refractivity contribution < 1.29 is 17.8 Å². The van der Waals surface area contributed by atoms with Crippen LogP contribution in [0.25, 0.3) is 11.3 Å². The molecule has 0 saturated carbocycles. The molecule has 11 heteroatoms. The highest BCUT2D eigenvalue weighted by atomic mass is 35.5. The minimum absolute atomic E-state index is 0.0656. The molecule has 1 N–H and O–H groups in total. The van der Waals surface area contributed by atoms with Gasteiger partial charge in [0.1, 0.15) is 0 Å². The lowest BCUT2D eigenvalue weighted by molar-refractivity contribution is 0.101. The van der Waals surface area contributed by atoms with E-state index in [9.17, 15) is 13.2 Å². The van der Waals surface area contributed by atoms with E-state index >= 15 is 0 Å². The van der Waals surface area contributed by atoms with Gasteiger partial charge in [0.2, 0.25) is 5.82 Å². The molecule has 31 heavy (non-hydrogen) atoms. The van der Waals surface area contributed by atoms with Crippen LogP contribution in [0.4, 0.5) is 5.82 Å². The second kappa shape index (κ2) is 7.76. The van der Waals surface area contributed by atoms with E-state index in [2.05, 4.69) is 20.7 Å². The van der Waals surface area contributed by atoms with Gasteiger partial charge in [-0.05, 0) is 54.6 Å². The Balaban J connectivity index is 1.46. The summed E-state index contributed by atoms with van der Waals surface area (Å²) in [6.45, 7) is 0. The second-order valence-corrected chi connectivity index (χ2v) is 10.6. The molecule has 0 unspecified atom stereocenters. The van der Waals surface area contributed by atoms with Gasteiger partial charge in [0.25, 0.3) is 5.91 Å². The Kier molecular flexibility index (Phi) is 5.05. The van der Waals surface area contributed by atoms with Crippen LogP contribution >= 0.6 is 11.6 Å². The van der Waals surface area contributed by atoms with Crippen LogP contribution in [0.5, 0.6) is 0 Å². The van der Waals surface area contributed by atoms with Gasteiger partial charge >= 0.3 is 0 Å². The van der Waals surface area contributed by atoms with Gasteiger partial charge in [0, 0.05) is 21.8 Å². The fraction of sp³-hybridized carbons (Fsp3) is 0.400. The van der Waals surface area contributed by atoms with Gasteiger partial charge in [-0.1, -0.05) is 23.7 Å². The maximum atomic E-state index is 13.1. The second-order valence-electron chi connectivity index (χ2n) is 7.90. The number of amides is 1. The summed E-state index contributed by atoms with van der Waals surface area (Å²) >= 11 is 5.94. The van der Waals surface area contributed by atoms with Crippen molar-refractivity contribution in [2.75, 3.05) is 16.8 Å². The first-order valence-electron chi connectivity index (χ1n) is 10.1. The summed E-state index contributed by atoms with van der Waals surface area (Å²) in [7, 11) is -3.06. The van der Waals surface area contributed by atoms with Crippen LogP contribution in [0.3, 0.4) is 0 Å². The number of nitrogens with zero attached hydrogens (tertiary/aromatic N) is 4. The molecule has 1 amide bonds. The molecule has 0 spiro atoms. The highest BCUT2D eigenvalue weighted by Crippen LogP contribution is 2.32. The molecule has 1 fully saturated rings. The zero-order valence-electron chi connectivity index (χ0n) is 16.5. The van der Waals surface area contributed by atoms with Crippen LogP contribution in [0.15, 0.2) is 28.9 Å². The number of sulfone groups is 1. The molecule has 1 saturated heterocycles. The first-order chi connectivity index (χ1) is 14.9. The number of rotatable bonds is 4. The fourth-order valence-corrected chi connectivity index (χ4v) is 6.13. The number of benzene rings is 1. The van der Waals surface area contributed by atoms with E-state index in [0.29, 0.717) is 28.4 Å². The minimum atomic E-state index is -3.06. The summed E-state index contributed by atoms with van der Waals surface area (Å²) < 4.78 is 30.6. The monoisotopic (exact) mass is 461 g/mol. The lowest BCUT2D eigenvalue weighted by atomic mass is 9.95. The minimum Gasteiger partial charge on any atom is -0.300 e. The Morgan fingerprint density at radius 1 is 1.16 bits per heavy atom. The number of anilines is 1. The molecule has 3 aromatic rings. The van der Waals surface area contributed by atoms with E-state index in [-0.39, 0.29) is 23.4 Å². The van der Waals surface area contributed by atoms with Crippen LogP contribution in [0.2, 0.25) is 5.02 Å². The average molecular weight is 462 g/mol. The zero-order chi connectivity index (χ0) is 21.6. The molecule has 9 nitrogen and oxygen atoms in total. The molecule has 1 aliphatic carbocycles. The summed E-state index contributed by atoms with van der Waals surface area (Å²) in [5.41, 5.74) is 3.25. The van der Waals surface area contributed by atoms with Crippen molar-refractivity contribution in [2.24, 2.45) is 0 Å². The number of fused-ring (bicyclic) bond motifs is 1. The van der Waals surface area contributed by atoms with E-state index in [4.69, 9.17) is 16.2 Å². The number of halogens is 1. The molecule has 3 heterocycles. The fourth-order valence-electron chi connectivity index (χ4n) is 4.31. The number of nitrogens with one attached hydrogen (secondary N) is 1. The predicted molar refractivity (Wildman–Crippen MR) is 114 cm³/mol. The normalized spacial score (nSPS) is 19.8. The molecule has 0 radical (unpaired) electrons. The maximum Gasteiger partial charge on any atom is 0.277 e. The summed E-state index contributed by atoms with van der Waals surface area (Å²) in [6, 6.07) is 6.72. The van der Waals surface area contributed by atoms with Crippen molar-refractivity contribution in [1.82, 2.24) is 20.1 Å². The topological polar surface area (TPSA) is 120 Å². The first kappa shape index (κ1) is 20.2. The van der Waals surface area contributed by atoms with Crippen molar-refractivity contribution in [1.29, 1.82) is 0 Å². The van der Waals surface area contributed by atoms with Crippen LogP contribution in [-0.2, 0) is 22.7 Å². The average Bonchev–Trinajstić information content (AvgIpc) is 3.45. The molecule has 0 bridgehead atoms. The van der Waals surface area contributed by atoms with Crippen LogP contribution in [-0.4, -0.2) is 45.9 Å². The van der Waals surface area contributed by atoms with Crippen molar-refractivity contribution in [3.8, 4) is 11.3 Å². The Hall–Kier alpha value is -2.72. The van der Waals surface area contributed by atoms with Gasteiger partial charge in [-0.2, -0.15) is 5.10 Å². The zero-order valence-corrected chi connectivity index (χ0v) is 18.1. The smallest absolute Gasteiger partial charge is 0.277 e. The summed E-state index contributed by atoms with van der Waals surface area (Å²) in [4.78, 5) is 13.1. The van der Waals surface area contributed by atoms with E-state index in [0.717, 1.165) is 36.9 Å². The summed E-state index contributed by atoms with van der Waals surface area (Å²) in [6.07, 6.45) is 3.99. The van der Waals surface area contributed by atoms with E-state index in [1.54, 1.807) is 28.9 Å². The molecule has 2 aromatic heterocycles. The molecule has 5 rings (SSSR count). The lowest BCUT2D eigenvalue weighted by Crippen LogP contribution is -2.17. The van der Waals surface area contributed by atoms with Crippen molar-refractivity contribution >= 4 is 33.2 Å². The van der Waals surface area contributed by atoms with Gasteiger partial charge in [-0.25, -0.2) is 13.0 Å². The summed E-state index contributed by atoms with van der Waals surface area (Å²) in [5.74, 6) is -0.00235. The molecule has 2 aliphatic rings. The van der Waals surface area contributed by atoms with E-state index < -0.39 is 15.7 Å². The van der Waals surface area contributed by atoms with Crippen LogP contribution in [0, 0.1) is 0 Å². The largest absolute Gasteiger partial charge is 0.300 e. The van der Waals surface area contributed by atoms with Crippen LogP contribution < -0.4 is 5.32 Å². The van der Waals surface area contributed by atoms with Gasteiger partial charge in [-0.3, -0.25) is 9.48 Å². The standard InChI is InChI=1S/C20H20ClN5O4S/c21-13-7-5-12(6-8-13)17-19(25-30-24-17)22-20(27)18-15-3-1-2-4-16(15)26(23-18)14-9-10-31(28,29)11-14/h5-8,14H,1-4,9-11H2,(H,22,25,27)/t14-/m0/s1.